The molecule has 53 N–H and O–H groups in total. The zero-order chi connectivity index (χ0) is 97.7. The molecule has 64 heteroatoms. The Labute approximate surface area is 734 Å². The SMILES string of the molecule is N#Cc1c[nH]c2nc(N)[nH]c(=O)c12.N#Cc1c[nH]c2nc(N)nc(N)c12.N#Cc1coc2nc(N)[nH]c(=O)c12.N#Cc1coc2nc(N)nc(N)c12.NC(=O)c1c[nH]c2nc(N)[nH]c(=O)c12.NC(=O)c1c[nH]c2nc(N)nc(N)c12.NC(=O)c1coc2nc(N)[nH]c(=O)c12.NC(=O)c1coc2nc(N)nc(N)c12.NCc1c[nH]c2nc(N)[nH]c(=O)c12.NCc1c[nH]c2nc(N)nc(N)c12. The van der Waals surface area contributed by atoms with Gasteiger partial charge in [0, 0.05) is 50.3 Å². The molecule has 20 heterocycles. The molecule has 0 aromatic carbocycles. The number of hydrogen-bond donors (Lipinski definition) is 32. The van der Waals surface area contributed by atoms with Crippen LogP contribution >= 0.6 is 0 Å². The zero-order valence-corrected chi connectivity index (χ0v) is 67.6. The molecule has 0 aliphatic heterocycles. The highest BCUT2D eigenvalue weighted by atomic mass is 16.3. The fraction of sp³-hybridized carbons (Fsp3) is 0.0286. The number of nitrogen functional groups attached to an aromatic ring is 15. The summed E-state index contributed by atoms with van der Waals surface area (Å²) in [6, 6.07) is 7.59. The molecule has 20 rings (SSSR count). The fourth-order valence-corrected chi connectivity index (χ4v) is 11.9. The van der Waals surface area contributed by atoms with E-state index in [9.17, 15) is 43.2 Å². The van der Waals surface area contributed by atoms with Crippen molar-refractivity contribution < 1.29 is 36.8 Å². The topological polar surface area (TPSA) is 1210 Å². The molecule has 20 aromatic heterocycles. The lowest BCUT2D eigenvalue weighted by Gasteiger charge is -1.98. The molecule has 134 heavy (non-hydrogen) atoms. The number of nitrogens with two attached hydrogens (primary N) is 21. The van der Waals surface area contributed by atoms with Crippen molar-refractivity contribution in [3.05, 3.63) is 170 Å². The molecule has 0 unspecified atom stereocenters. The maximum absolute atomic E-state index is 11.4. The van der Waals surface area contributed by atoms with Crippen LogP contribution in [0.3, 0.4) is 0 Å². The molecule has 0 saturated heterocycles. The van der Waals surface area contributed by atoms with Crippen LogP contribution in [0.25, 0.3) is 111 Å². The molecule has 0 aliphatic rings. The van der Waals surface area contributed by atoms with Crippen LogP contribution < -0.4 is 148 Å². The van der Waals surface area contributed by atoms with E-state index in [4.69, 9.17) is 159 Å². The van der Waals surface area contributed by atoms with E-state index in [0.717, 1.165) is 22.8 Å². The minimum atomic E-state index is -0.749. The van der Waals surface area contributed by atoms with E-state index >= 15 is 0 Å². The van der Waals surface area contributed by atoms with E-state index in [1.165, 1.54) is 43.6 Å². The molecule has 680 valence electrons. The molecule has 0 aliphatic carbocycles. The minimum absolute atomic E-state index is 0.0000463. The summed E-state index contributed by atoms with van der Waals surface area (Å²) in [6.07, 6.45) is 13.8. The van der Waals surface area contributed by atoms with Gasteiger partial charge in [0.1, 0.15) is 145 Å². The molecule has 0 radical (unpaired) electrons. The predicted molar refractivity (Wildman–Crippen MR) is 480 cm³/mol. The van der Waals surface area contributed by atoms with Gasteiger partial charge in [0.15, 0.2) is 0 Å². The van der Waals surface area contributed by atoms with Crippen LogP contribution in [0.5, 0.6) is 0 Å². The minimum Gasteiger partial charge on any atom is -0.445 e. The van der Waals surface area contributed by atoms with Crippen molar-refractivity contribution in [3.8, 4) is 24.3 Å². The summed E-state index contributed by atoms with van der Waals surface area (Å²) in [5.41, 5.74) is 117. The summed E-state index contributed by atoms with van der Waals surface area (Å²) in [4.78, 5) is 185. The van der Waals surface area contributed by atoms with E-state index in [-0.39, 0.29) is 172 Å². The molecular formula is C70H67N51O13. The Morgan fingerprint density at radius 2 is 0.545 bits per heavy atom. The summed E-state index contributed by atoms with van der Waals surface area (Å²) in [5.74, 6) is -1.37. The number of nitrogens with one attached hydrogen (secondary N) is 11. The van der Waals surface area contributed by atoms with E-state index in [2.05, 4.69) is 130 Å². The number of fused-ring (bicyclic) bond motifs is 10. The van der Waals surface area contributed by atoms with Crippen molar-refractivity contribution in [1.29, 1.82) is 21.0 Å². The predicted octanol–water partition coefficient (Wildman–Crippen LogP) is -4.36. The summed E-state index contributed by atoms with van der Waals surface area (Å²) in [7, 11) is 0. The fourth-order valence-electron chi connectivity index (χ4n) is 11.9. The van der Waals surface area contributed by atoms with Gasteiger partial charge in [0.25, 0.3) is 51.4 Å². The summed E-state index contributed by atoms with van der Waals surface area (Å²) in [6.45, 7) is 0.701. The van der Waals surface area contributed by atoms with Gasteiger partial charge in [-0.05, 0) is 11.1 Å². The van der Waals surface area contributed by atoms with Gasteiger partial charge in [-0.25, -0.2) is 0 Å². The number of aromatic nitrogens is 26. The first-order valence-electron chi connectivity index (χ1n) is 36.3. The number of nitrogens with zero attached hydrogens (tertiary/aromatic N) is 19. The Hall–Kier alpha value is -22.0. The number of carbonyl (C=O) groups is 4. The lowest BCUT2D eigenvalue weighted by atomic mass is 10.2. The Kier molecular flexibility index (Phi) is 26.8. The smallest absolute Gasteiger partial charge is 0.264 e. The van der Waals surface area contributed by atoms with Crippen LogP contribution in [0.2, 0.25) is 0 Å². The molecule has 4 amide bonds. The summed E-state index contributed by atoms with van der Waals surface area (Å²) in [5, 5.41) is 38.0. The number of H-pyrrole nitrogens is 11. The normalized spacial score (nSPS) is 10.4. The number of carbonyl (C=O) groups excluding carboxylic acids is 4. The maximum atomic E-state index is 11.4. The van der Waals surface area contributed by atoms with Crippen LogP contribution in [0.4, 0.5) is 88.6 Å². The Balaban J connectivity index is 0.000000143. The van der Waals surface area contributed by atoms with Crippen LogP contribution in [0, 0.1) is 45.3 Å². The number of nitriles is 4. The summed E-state index contributed by atoms with van der Waals surface area (Å²) < 4.78 is 19.7. The van der Waals surface area contributed by atoms with Gasteiger partial charge in [-0.15, -0.1) is 0 Å². The van der Waals surface area contributed by atoms with Crippen molar-refractivity contribution in [3.63, 3.8) is 0 Å². The Morgan fingerprint density at radius 3 is 0.993 bits per heavy atom. The van der Waals surface area contributed by atoms with Gasteiger partial charge < -0.3 is 168 Å². The van der Waals surface area contributed by atoms with Crippen molar-refractivity contribution in [2.24, 2.45) is 34.4 Å². The second-order valence-corrected chi connectivity index (χ2v) is 26.0. The van der Waals surface area contributed by atoms with Gasteiger partial charge in [-0.1, -0.05) is 0 Å². The number of furan rings is 4. The molecule has 0 spiro atoms. The largest absolute Gasteiger partial charge is 0.445 e. The first-order chi connectivity index (χ1) is 63.7. The highest BCUT2D eigenvalue weighted by Crippen LogP contribution is 2.29. The Bertz CT molecular complexity index is 8100. The van der Waals surface area contributed by atoms with E-state index < -0.39 is 45.9 Å². The van der Waals surface area contributed by atoms with Crippen molar-refractivity contribution in [1.82, 2.24) is 130 Å². The highest BCUT2D eigenvalue weighted by Gasteiger charge is 2.22. The van der Waals surface area contributed by atoms with E-state index in [1.54, 1.807) is 12.4 Å². The third kappa shape index (κ3) is 19.9. The third-order valence-electron chi connectivity index (χ3n) is 17.4. The summed E-state index contributed by atoms with van der Waals surface area (Å²) >= 11 is 0. The maximum Gasteiger partial charge on any atom is 0.264 e. The molecule has 20 aromatic rings. The van der Waals surface area contributed by atoms with Crippen molar-refractivity contribution >= 4 is 223 Å². The number of rotatable bonds is 6. The van der Waals surface area contributed by atoms with Crippen molar-refractivity contribution in [2.45, 2.75) is 13.1 Å². The third-order valence-corrected chi connectivity index (χ3v) is 17.4. The van der Waals surface area contributed by atoms with E-state index in [0.29, 0.717) is 85.2 Å². The average molecular weight is 1830 g/mol. The molecule has 0 atom stereocenters. The van der Waals surface area contributed by atoms with Crippen LogP contribution in [-0.4, -0.2) is 153 Å². The first-order valence-corrected chi connectivity index (χ1v) is 36.3. The number of amides is 4. The molecule has 0 saturated carbocycles. The second kappa shape index (κ2) is 38.8. The van der Waals surface area contributed by atoms with Crippen LogP contribution in [0.1, 0.15) is 74.8 Å². The molecule has 0 bridgehead atoms. The quantitative estimate of drug-likeness (QED) is 0.0748. The van der Waals surface area contributed by atoms with Gasteiger partial charge in [0.05, 0.1) is 65.7 Å². The molecular weight excluding hydrogens is 1760 g/mol. The van der Waals surface area contributed by atoms with Gasteiger partial charge in [-0.2, -0.15) is 95.8 Å². The Morgan fingerprint density at radius 1 is 0.269 bits per heavy atom. The number of hydrogen-bond acceptors (Lipinski definition) is 49. The van der Waals surface area contributed by atoms with Crippen molar-refractivity contribution in [2.75, 3.05) is 86.0 Å². The number of primary amides is 4. The second-order valence-electron chi connectivity index (χ2n) is 26.0. The number of aromatic amines is 11. The van der Waals surface area contributed by atoms with Crippen LogP contribution in [-0.2, 0) is 13.1 Å². The lowest BCUT2D eigenvalue weighted by molar-refractivity contribution is 0.0992. The highest BCUT2D eigenvalue weighted by molar-refractivity contribution is 6.10. The molecule has 64 nitrogen and oxygen atoms in total. The van der Waals surface area contributed by atoms with Gasteiger partial charge >= 0.3 is 0 Å². The standard InChI is InChI=1S/C7H8N6O.C7H10N6.C7H6N6.2C7H7N5O2.C7H9N5O.2C7H5N5O.C7H6N4O3.C7H4N4O2/c8-4-3-2(5(9)14)1-11-6(3)13-7(10)12-4;2*8-1-3-2-11-6-4(3)5(9)12-7(10)13-6;8-4-3-2(5(9)13)1-14-6(3)12-7(10)11-4;8-4(13)2-1-10-5-3(2)6(14)12-7(9)11-5;2*8-1-3-2-10-5-4(3)6(13)12-7(9)11-5;8-1-3-2-13-6-4(3)5(9)11-7(10)12-6;8-4(12)2-1-14-6-3(2)5(13)10-7(9)11-6;8-1-3-2-13-6-4(3)5(12)10-7(9)11-6/h1H,(H2,9,14)(H5,8,10,11,12,13);2H,1,8H2,(H5,9,10,11,12,13);2H,(H5,9,10,11,12,13);1H,(H2,9,13)(H4,8,10,11,12);1H,(H2,8,13)(H4,9,10,11,12,14);2H,1,8H2,(H4,9,10,11,12,13);2H,(H4,9,10,11,12,13);2H,(H4,9,10,11,12);1H,(H2,8,12)(H3,9,10,11,13);2H,(H3,9,10,11,12). The van der Waals surface area contributed by atoms with Gasteiger partial charge in [-0.3, -0.25) is 68.1 Å². The molecule has 0 fully saturated rings. The first kappa shape index (κ1) is 92.7. The number of anilines is 15. The lowest BCUT2D eigenvalue weighted by Crippen LogP contribution is -2.16. The zero-order valence-electron chi connectivity index (χ0n) is 67.6. The average Bonchev–Trinajstić information content (AvgIpc) is 1.64. The van der Waals surface area contributed by atoms with Crippen LogP contribution in [0.15, 0.2) is 104 Å². The van der Waals surface area contributed by atoms with E-state index in [1.807, 2.05) is 24.3 Å². The monoisotopic (exact) mass is 1830 g/mol. The van der Waals surface area contributed by atoms with Gasteiger partial charge in [0.2, 0.25) is 82.3 Å².